The number of carbonyl (C=O) groups excluding carboxylic acids is 2. The van der Waals surface area contributed by atoms with Gasteiger partial charge in [0.25, 0.3) is 0 Å². The fourth-order valence-corrected chi connectivity index (χ4v) is 6.99. The zero-order valence-corrected chi connectivity index (χ0v) is 21.1. The molecule has 6 atom stereocenters. The minimum atomic E-state index is -1.30. The van der Waals surface area contributed by atoms with Crippen LogP contribution in [0.1, 0.15) is 25.8 Å². The molecule has 0 bridgehead atoms. The van der Waals surface area contributed by atoms with E-state index in [1.807, 2.05) is 6.92 Å². The van der Waals surface area contributed by atoms with Gasteiger partial charge in [0.15, 0.2) is 11.6 Å². The predicted octanol–water partition coefficient (Wildman–Crippen LogP) is 2.02. The fraction of sp³-hybridized carbons (Fsp3) is 0.542. The van der Waals surface area contributed by atoms with Crippen molar-refractivity contribution in [1.29, 1.82) is 0 Å². The van der Waals surface area contributed by atoms with E-state index in [0.29, 0.717) is 17.4 Å². The maximum atomic E-state index is 14.4. The molecule has 196 valence electrons. The number of benzene rings is 1. The lowest BCUT2D eigenvalue weighted by atomic mass is 9.79. The first-order chi connectivity index (χ1) is 16.8. The average Bonchev–Trinajstić information content (AvgIpc) is 3.28. The first-order valence-corrected chi connectivity index (χ1v) is 12.4. The highest BCUT2D eigenvalue weighted by Gasteiger charge is 2.60. The molecule has 2 amide bonds. The normalized spacial score (nSPS) is 28.8. The number of amides is 2. The molecule has 2 fully saturated rings. The molecular formula is C24H28F3N3O5S. The maximum absolute atomic E-state index is 14.4. The third-order valence-corrected chi connectivity index (χ3v) is 8.65. The van der Waals surface area contributed by atoms with E-state index in [1.165, 1.54) is 28.5 Å². The molecule has 3 aliphatic rings. The second kappa shape index (κ2) is 9.71. The van der Waals surface area contributed by atoms with Crippen LogP contribution < -0.4 is 0 Å². The Balaban J connectivity index is 1.60. The summed E-state index contributed by atoms with van der Waals surface area (Å²) in [6, 6.07) is 0.109. The van der Waals surface area contributed by atoms with Gasteiger partial charge in [0.05, 0.1) is 24.1 Å². The number of nitrogens with zero attached hydrogens (tertiary/aromatic N) is 3. The number of aliphatic hydroxyl groups excluding tert-OH is 1. The molecule has 2 N–H and O–H groups in total. The van der Waals surface area contributed by atoms with E-state index >= 15 is 0 Å². The van der Waals surface area contributed by atoms with Gasteiger partial charge in [0, 0.05) is 54.9 Å². The van der Waals surface area contributed by atoms with Gasteiger partial charge in [-0.15, -0.1) is 11.8 Å². The van der Waals surface area contributed by atoms with Crippen LogP contribution in [0.2, 0.25) is 0 Å². The van der Waals surface area contributed by atoms with Crippen molar-refractivity contribution in [3.05, 3.63) is 45.8 Å². The van der Waals surface area contributed by atoms with E-state index in [2.05, 4.69) is 0 Å². The van der Waals surface area contributed by atoms with E-state index in [9.17, 15) is 37.8 Å². The second-order valence-electron chi connectivity index (χ2n) is 9.78. The zero-order chi connectivity index (χ0) is 26.6. The van der Waals surface area contributed by atoms with E-state index in [1.54, 1.807) is 19.0 Å². The Morgan fingerprint density at radius 2 is 1.83 bits per heavy atom. The molecule has 3 heterocycles. The smallest absolute Gasteiger partial charge is 0.353 e. The molecule has 0 radical (unpaired) electrons. The van der Waals surface area contributed by atoms with Crippen molar-refractivity contribution in [2.24, 2.45) is 11.8 Å². The molecule has 0 saturated carbocycles. The van der Waals surface area contributed by atoms with Gasteiger partial charge < -0.3 is 20.0 Å². The van der Waals surface area contributed by atoms with Crippen molar-refractivity contribution < 1.29 is 37.8 Å². The Morgan fingerprint density at radius 3 is 2.42 bits per heavy atom. The maximum Gasteiger partial charge on any atom is 0.353 e. The number of rotatable bonds is 7. The number of carboxylic acids is 1. The highest BCUT2D eigenvalue weighted by atomic mass is 32.2. The Bertz CT molecular complexity index is 1140. The number of likely N-dealkylation sites (tertiary alicyclic amines) is 1. The summed E-state index contributed by atoms with van der Waals surface area (Å²) in [6.45, 7) is 3.43. The Kier molecular flexibility index (Phi) is 7.15. The van der Waals surface area contributed by atoms with Gasteiger partial charge in [0.2, 0.25) is 11.8 Å². The van der Waals surface area contributed by atoms with Crippen LogP contribution in [0.25, 0.3) is 0 Å². The molecule has 3 aliphatic heterocycles. The van der Waals surface area contributed by atoms with Crippen molar-refractivity contribution in [2.45, 2.75) is 50.3 Å². The van der Waals surface area contributed by atoms with Crippen molar-refractivity contribution in [3.8, 4) is 0 Å². The van der Waals surface area contributed by atoms with E-state index in [-0.39, 0.29) is 41.4 Å². The first kappa shape index (κ1) is 26.5. The van der Waals surface area contributed by atoms with Gasteiger partial charge in [-0.25, -0.2) is 18.0 Å². The summed E-state index contributed by atoms with van der Waals surface area (Å²) < 4.78 is 41.5. The van der Waals surface area contributed by atoms with Crippen LogP contribution in [0.15, 0.2) is 22.7 Å². The van der Waals surface area contributed by atoms with Crippen LogP contribution in [-0.2, 0) is 20.9 Å². The SMILES string of the molecule is CC(O)C1C(=O)N2C(C(=O)O)=C(SC3CC(C(=O)N(C)C)N(Cc4cc(F)c(F)cc4F)C3)C(C)C12. The van der Waals surface area contributed by atoms with Gasteiger partial charge in [-0.05, 0) is 19.4 Å². The quantitative estimate of drug-likeness (QED) is 0.413. The number of aliphatic carboxylic acids is 1. The lowest BCUT2D eigenvalue weighted by molar-refractivity contribution is -0.163. The monoisotopic (exact) mass is 527 g/mol. The van der Waals surface area contributed by atoms with Crippen LogP contribution in [0.3, 0.4) is 0 Å². The molecule has 0 aliphatic carbocycles. The van der Waals surface area contributed by atoms with Crippen LogP contribution >= 0.6 is 11.8 Å². The van der Waals surface area contributed by atoms with E-state index < -0.39 is 53.4 Å². The van der Waals surface area contributed by atoms with E-state index in [0.717, 1.165) is 6.07 Å². The molecular weight excluding hydrogens is 499 g/mol. The number of likely N-dealkylation sites (N-methyl/N-ethyl adjacent to an activating group) is 1. The van der Waals surface area contributed by atoms with Gasteiger partial charge in [-0.1, -0.05) is 6.92 Å². The molecule has 0 spiro atoms. The van der Waals surface area contributed by atoms with Crippen molar-refractivity contribution >= 4 is 29.5 Å². The number of halogens is 3. The minimum absolute atomic E-state index is 0.0923. The Hall–Kier alpha value is -2.57. The van der Waals surface area contributed by atoms with Crippen LogP contribution in [0, 0.1) is 29.3 Å². The molecule has 2 saturated heterocycles. The molecule has 4 rings (SSSR count). The number of carbonyl (C=O) groups is 3. The Morgan fingerprint density at radius 1 is 1.19 bits per heavy atom. The van der Waals surface area contributed by atoms with Gasteiger partial charge in [0.1, 0.15) is 11.5 Å². The van der Waals surface area contributed by atoms with Crippen LogP contribution in [0.5, 0.6) is 0 Å². The van der Waals surface area contributed by atoms with Crippen LogP contribution in [-0.4, -0.2) is 86.8 Å². The lowest BCUT2D eigenvalue weighted by Crippen LogP contribution is -2.63. The lowest BCUT2D eigenvalue weighted by Gasteiger charge is -2.46. The summed E-state index contributed by atoms with van der Waals surface area (Å²) >= 11 is 1.26. The number of hydrogen-bond acceptors (Lipinski definition) is 6. The molecule has 0 aromatic heterocycles. The molecule has 1 aromatic rings. The van der Waals surface area contributed by atoms with Gasteiger partial charge >= 0.3 is 5.97 Å². The van der Waals surface area contributed by atoms with Gasteiger partial charge in [-0.2, -0.15) is 0 Å². The summed E-state index contributed by atoms with van der Waals surface area (Å²) in [5, 5.41) is 19.6. The molecule has 8 nitrogen and oxygen atoms in total. The zero-order valence-electron chi connectivity index (χ0n) is 20.2. The third-order valence-electron chi connectivity index (χ3n) is 7.16. The standard InChI is InChI=1S/C24H28F3N3O5S/c1-10-19-18(11(2)31)23(33)30(19)20(24(34)35)21(10)36-13-6-17(22(32)28(3)4)29(9-13)8-12-5-15(26)16(27)7-14(12)25/h5,7,10-11,13,17-19,31H,6,8-9H2,1-4H3,(H,34,35). The second-order valence-corrected chi connectivity index (χ2v) is 11.1. The van der Waals surface area contributed by atoms with Crippen molar-refractivity contribution in [2.75, 3.05) is 20.6 Å². The minimum Gasteiger partial charge on any atom is -0.477 e. The molecule has 6 unspecified atom stereocenters. The number of thioether (sulfide) groups is 1. The van der Waals surface area contributed by atoms with Crippen molar-refractivity contribution in [1.82, 2.24) is 14.7 Å². The number of fused-ring (bicyclic) bond motifs is 1. The number of aliphatic hydroxyl groups is 1. The third kappa shape index (κ3) is 4.39. The first-order valence-electron chi connectivity index (χ1n) is 11.6. The highest BCUT2D eigenvalue weighted by molar-refractivity contribution is 8.03. The van der Waals surface area contributed by atoms with E-state index in [4.69, 9.17) is 0 Å². The average molecular weight is 528 g/mol. The largest absolute Gasteiger partial charge is 0.477 e. The number of carboxylic acid groups (broad SMARTS) is 1. The number of β-lactam (4-membered cyclic amide) rings is 1. The predicted molar refractivity (Wildman–Crippen MR) is 125 cm³/mol. The molecule has 1 aromatic carbocycles. The van der Waals surface area contributed by atoms with Gasteiger partial charge in [-0.3, -0.25) is 14.5 Å². The molecule has 12 heteroatoms. The summed E-state index contributed by atoms with van der Waals surface area (Å²) in [4.78, 5) is 42.4. The summed E-state index contributed by atoms with van der Waals surface area (Å²) in [7, 11) is 3.16. The van der Waals surface area contributed by atoms with Crippen LogP contribution in [0.4, 0.5) is 13.2 Å². The topological polar surface area (TPSA) is 101 Å². The number of hydrogen-bond donors (Lipinski definition) is 2. The summed E-state index contributed by atoms with van der Waals surface area (Å²) in [6.07, 6.45) is -0.607. The Labute approximate surface area is 210 Å². The summed E-state index contributed by atoms with van der Waals surface area (Å²) in [5.41, 5.74) is -0.203. The molecule has 36 heavy (non-hydrogen) atoms. The fourth-order valence-electron chi connectivity index (χ4n) is 5.44. The summed E-state index contributed by atoms with van der Waals surface area (Å²) in [5.74, 6) is -6.36. The highest BCUT2D eigenvalue weighted by Crippen LogP contribution is 2.52. The van der Waals surface area contributed by atoms with Crippen molar-refractivity contribution in [3.63, 3.8) is 0 Å².